The number of nitrogens with one attached hydrogen (secondary N) is 2. The summed E-state index contributed by atoms with van der Waals surface area (Å²) in [5, 5.41) is 4.57. The number of imidazole rings is 1. The average molecular weight is 491 g/mol. The van der Waals surface area contributed by atoms with E-state index < -0.39 is 0 Å². The van der Waals surface area contributed by atoms with Crippen LogP contribution < -0.4 is 16.6 Å². The zero-order chi connectivity index (χ0) is 24.0. The SMILES string of the molecule is CC(=Cc1cccc(N)c1)c1nc2ccc3nc(Nc4c(Cl)cccc4Cl)n(C)c3c2c(=O)[nH]1. The summed E-state index contributed by atoms with van der Waals surface area (Å²) in [6.07, 6.45) is 1.93. The first-order valence-electron chi connectivity index (χ1n) is 10.5. The Bertz CT molecular complexity index is 1650. The molecule has 0 fully saturated rings. The predicted octanol–water partition coefficient (Wildman–Crippen LogP) is 6.00. The van der Waals surface area contributed by atoms with Crippen molar-refractivity contribution in [2.75, 3.05) is 11.1 Å². The van der Waals surface area contributed by atoms with E-state index in [1.165, 1.54) is 0 Å². The van der Waals surface area contributed by atoms with Crippen LogP contribution in [0.5, 0.6) is 0 Å². The minimum Gasteiger partial charge on any atom is -0.399 e. The number of H-pyrrole nitrogens is 1. The summed E-state index contributed by atoms with van der Waals surface area (Å²) in [4.78, 5) is 25.5. The standard InChI is InChI=1S/C25H20Cl2N6O/c1-13(11-14-5-3-6-15(28)12-14)23-29-18-9-10-19-22(20(18)24(34)32-23)33(2)25(30-19)31-21-16(26)7-4-8-17(21)27/h3-12H,28H2,1-2H3,(H,30,31)(H,29,32,34). The van der Waals surface area contributed by atoms with Gasteiger partial charge in [0.15, 0.2) is 0 Å². The van der Waals surface area contributed by atoms with Crippen molar-refractivity contribution in [1.29, 1.82) is 0 Å². The van der Waals surface area contributed by atoms with Gasteiger partial charge in [-0.05, 0) is 60.5 Å². The van der Waals surface area contributed by atoms with E-state index in [0.29, 0.717) is 55.1 Å². The molecule has 34 heavy (non-hydrogen) atoms. The highest BCUT2D eigenvalue weighted by molar-refractivity contribution is 6.39. The van der Waals surface area contributed by atoms with E-state index in [0.717, 1.165) is 11.1 Å². The lowest BCUT2D eigenvalue weighted by atomic mass is 10.1. The van der Waals surface area contributed by atoms with E-state index >= 15 is 0 Å². The van der Waals surface area contributed by atoms with Crippen LogP contribution in [0.3, 0.4) is 0 Å². The number of hydrogen-bond donors (Lipinski definition) is 3. The Hall–Kier alpha value is -3.81. The number of nitrogens with two attached hydrogens (primary N) is 1. The van der Waals surface area contributed by atoms with E-state index in [4.69, 9.17) is 33.9 Å². The number of anilines is 3. The first-order chi connectivity index (χ1) is 16.3. The molecule has 0 aliphatic rings. The Balaban J connectivity index is 1.62. The zero-order valence-corrected chi connectivity index (χ0v) is 19.9. The molecule has 0 saturated heterocycles. The number of hydrogen-bond acceptors (Lipinski definition) is 5. The topological polar surface area (TPSA) is 102 Å². The third-order valence-electron chi connectivity index (χ3n) is 5.57. The van der Waals surface area contributed by atoms with Gasteiger partial charge < -0.3 is 20.6 Å². The van der Waals surface area contributed by atoms with E-state index in [2.05, 4.69) is 15.3 Å². The number of benzene rings is 3. The predicted molar refractivity (Wildman–Crippen MR) is 141 cm³/mol. The minimum absolute atomic E-state index is 0.253. The van der Waals surface area contributed by atoms with Gasteiger partial charge in [0, 0.05) is 12.7 Å². The van der Waals surface area contributed by atoms with E-state index in [-0.39, 0.29) is 5.56 Å². The molecule has 0 unspecified atom stereocenters. The largest absolute Gasteiger partial charge is 0.399 e. The number of para-hydroxylation sites is 1. The van der Waals surface area contributed by atoms with E-state index in [1.807, 2.05) is 50.4 Å². The second-order valence-electron chi connectivity index (χ2n) is 7.96. The summed E-state index contributed by atoms with van der Waals surface area (Å²) in [7, 11) is 1.82. The van der Waals surface area contributed by atoms with Gasteiger partial charge in [-0.3, -0.25) is 4.79 Å². The first-order valence-corrected chi connectivity index (χ1v) is 11.2. The van der Waals surface area contributed by atoms with Gasteiger partial charge in [0.25, 0.3) is 5.56 Å². The van der Waals surface area contributed by atoms with Crippen LogP contribution in [0.2, 0.25) is 10.0 Å². The number of aromatic amines is 1. The number of rotatable bonds is 4. The van der Waals surface area contributed by atoms with Gasteiger partial charge in [-0.1, -0.05) is 41.4 Å². The Morgan fingerprint density at radius 3 is 2.50 bits per heavy atom. The molecule has 7 nitrogen and oxygen atoms in total. The molecule has 5 aromatic rings. The van der Waals surface area contributed by atoms with Crippen LogP contribution in [0.1, 0.15) is 18.3 Å². The molecule has 0 aliphatic carbocycles. The van der Waals surface area contributed by atoms with Gasteiger partial charge in [0.1, 0.15) is 5.82 Å². The summed E-state index contributed by atoms with van der Waals surface area (Å²) in [6, 6.07) is 16.4. The molecule has 0 radical (unpaired) electrons. The summed E-state index contributed by atoms with van der Waals surface area (Å²) in [6.45, 7) is 1.89. The number of nitrogens with zero attached hydrogens (tertiary/aromatic N) is 3. The molecule has 4 N–H and O–H groups in total. The fourth-order valence-electron chi connectivity index (χ4n) is 3.92. The number of aromatic nitrogens is 4. The summed E-state index contributed by atoms with van der Waals surface area (Å²) >= 11 is 12.6. The maximum atomic E-state index is 13.2. The quantitative estimate of drug-likeness (QED) is 0.268. The van der Waals surface area contributed by atoms with Gasteiger partial charge in [-0.25, -0.2) is 9.97 Å². The lowest BCUT2D eigenvalue weighted by molar-refractivity contribution is 0.960. The lowest BCUT2D eigenvalue weighted by Crippen LogP contribution is -2.12. The molecule has 0 bridgehead atoms. The van der Waals surface area contributed by atoms with Crippen LogP contribution in [0.15, 0.2) is 59.4 Å². The Morgan fingerprint density at radius 1 is 1.06 bits per heavy atom. The van der Waals surface area contributed by atoms with Gasteiger partial charge in [-0.15, -0.1) is 0 Å². The smallest absolute Gasteiger partial charge is 0.261 e. The molecule has 0 saturated carbocycles. The van der Waals surface area contributed by atoms with Crippen LogP contribution in [0.4, 0.5) is 17.3 Å². The fourth-order valence-corrected chi connectivity index (χ4v) is 4.42. The summed E-state index contributed by atoms with van der Waals surface area (Å²) < 4.78 is 1.79. The molecule has 2 aromatic heterocycles. The van der Waals surface area contributed by atoms with Crippen molar-refractivity contribution >= 4 is 74.1 Å². The molecule has 0 aliphatic heterocycles. The van der Waals surface area contributed by atoms with Crippen molar-refractivity contribution in [3.63, 3.8) is 0 Å². The second kappa shape index (κ2) is 8.52. The monoisotopic (exact) mass is 490 g/mol. The number of fused-ring (bicyclic) bond motifs is 3. The molecule has 9 heteroatoms. The van der Waals surface area contributed by atoms with Crippen molar-refractivity contribution in [2.45, 2.75) is 6.92 Å². The van der Waals surface area contributed by atoms with Crippen molar-refractivity contribution < 1.29 is 0 Å². The van der Waals surface area contributed by atoms with Crippen molar-refractivity contribution in [2.24, 2.45) is 7.05 Å². The average Bonchev–Trinajstić information content (AvgIpc) is 3.11. The van der Waals surface area contributed by atoms with Crippen molar-refractivity contribution in [3.8, 4) is 0 Å². The zero-order valence-electron chi connectivity index (χ0n) is 18.4. The number of aryl methyl sites for hydroxylation is 1. The lowest BCUT2D eigenvalue weighted by Gasteiger charge is -2.10. The van der Waals surface area contributed by atoms with Crippen molar-refractivity contribution in [3.05, 3.63) is 86.4 Å². The molecule has 3 aromatic carbocycles. The maximum Gasteiger partial charge on any atom is 0.261 e. The molecule has 170 valence electrons. The number of nitrogen functional groups attached to an aromatic ring is 1. The third-order valence-corrected chi connectivity index (χ3v) is 6.20. The van der Waals surface area contributed by atoms with Crippen molar-refractivity contribution in [1.82, 2.24) is 19.5 Å². The van der Waals surface area contributed by atoms with E-state index in [1.54, 1.807) is 28.8 Å². The van der Waals surface area contributed by atoms with Gasteiger partial charge in [0.05, 0.1) is 37.7 Å². The van der Waals surface area contributed by atoms with Crippen LogP contribution in [0, 0.1) is 0 Å². The molecule has 0 atom stereocenters. The molecule has 2 heterocycles. The van der Waals surface area contributed by atoms with Crippen LogP contribution in [-0.2, 0) is 7.05 Å². The maximum absolute atomic E-state index is 13.2. The highest BCUT2D eigenvalue weighted by atomic mass is 35.5. The Morgan fingerprint density at radius 2 is 1.76 bits per heavy atom. The highest BCUT2D eigenvalue weighted by Crippen LogP contribution is 2.34. The Kier molecular flexibility index (Phi) is 5.51. The fraction of sp³-hybridized carbons (Fsp3) is 0.0800. The van der Waals surface area contributed by atoms with Crippen LogP contribution in [-0.4, -0.2) is 19.5 Å². The molecular formula is C25H20Cl2N6O. The molecule has 5 rings (SSSR count). The first kappa shape index (κ1) is 22.0. The van der Waals surface area contributed by atoms with Gasteiger partial charge in [0.2, 0.25) is 5.95 Å². The summed E-state index contributed by atoms with van der Waals surface area (Å²) in [5.41, 5.74) is 10.4. The number of allylic oxidation sites excluding steroid dienone is 1. The second-order valence-corrected chi connectivity index (χ2v) is 8.77. The van der Waals surface area contributed by atoms with E-state index in [9.17, 15) is 4.79 Å². The van der Waals surface area contributed by atoms with Crippen LogP contribution >= 0.6 is 23.2 Å². The minimum atomic E-state index is -0.253. The molecule has 0 amide bonds. The summed E-state index contributed by atoms with van der Waals surface area (Å²) in [5.74, 6) is 0.987. The van der Waals surface area contributed by atoms with Gasteiger partial charge >= 0.3 is 0 Å². The normalized spacial score (nSPS) is 11.9. The molecule has 0 spiro atoms. The van der Waals surface area contributed by atoms with Gasteiger partial charge in [-0.2, -0.15) is 0 Å². The van der Waals surface area contributed by atoms with Crippen LogP contribution in [0.25, 0.3) is 33.6 Å². The number of halogens is 2. The third kappa shape index (κ3) is 3.89. The Labute approximate surface area is 204 Å². The molecular weight excluding hydrogens is 471 g/mol. The highest BCUT2D eigenvalue weighted by Gasteiger charge is 2.17.